The third kappa shape index (κ3) is 4.68. The molecule has 0 saturated heterocycles. The van der Waals surface area contributed by atoms with Crippen LogP contribution in [0.3, 0.4) is 0 Å². The van der Waals surface area contributed by atoms with Crippen LogP contribution in [-0.2, 0) is 30.7 Å². The minimum Gasteiger partial charge on any atom is -0.497 e. The number of methoxy groups -OCH3 is 2. The molecule has 28 heavy (non-hydrogen) atoms. The molecule has 0 saturated carbocycles. The maximum absolute atomic E-state index is 10.7. The predicted octanol–water partition coefficient (Wildman–Crippen LogP) is 2.37. The van der Waals surface area contributed by atoms with Gasteiger partial charge in [0.15, 0.2) is 5.82 Å². The van der Waals surface area contributed by atoms with Crippen LogP contribution in [0.2, 0.25) is 0 Å². The fourth-order valence-corrected chi connectivity index (χ4v) is 3.06. The molecule has 1 N–H and O–H groups in total. The quantitative estimate of drug-likeness (QED) is 0.547. The van der Waals surface area contributed by atoms with Crippen LogP contribution in [0.25, 0.3) is 0 Å². The number of hydrogen-bond donors (Lipinski definition) is 1. The minimum absolute atomic E-state index is 0.320. The van der Waals surface area contributed by atoms with Crippen LogP contribution >= 0.6 is 0 Å². The van der Waals surface area contributed by atoms with E-state index in [1.807, 2.05) is 41.0 Å². The summed E-state index contributed by atoms with van der Waals surface area (Å²) in [5.41, 5.74) is 2.23. The topological polar surface area (TPSA) is 78.3 Å². The molecule has 1 aromatic heterocycles. The van der Waals surface area contributed by atoms with Gasteiger partial charge in [-0.2, -0.15) is 0 Å². The highest BCUT2D eigenvalue weighted by molar-refractivity contribution is 5.46. The van der Waals surface area contributed by atoms with Crippen molar-refractivity contribution in [1.82, 2.24) is 20.1 Å². The number of nitrogens with one attached hydrogen (secondary N) is 1. The van der Waals surface area contributed by atoms with Crippen LogP contribution in [0.15, 0.2) is 48.5 Å². The molecule has 7 heteroatoms. The highest BCUT2D eigenvalue weighted by atomic mass is 16.5. The van der Waals surface area contributed by atoms with Crippen LogP contribution in [0.1, 0.15) is 22.8 Å². The summed E-state index contributed by atoms with van der Waals surface area (Å²) in [6.07, 6.45) is 2.27. The molecule has 0 bridgehead atoms. The third-order valence-electron chi connectivity index (χ3n) is 4.55. The second kappa shape index (κ2) is 9.55. The van der Waals surface area contributed by atoms with Crippen molar-refractivity contribution in [2.75, 3.05) is 14.2 Å². The fraction of sp³-hybridized carbons (Fsp3) is 0.286. The van der Waals surface area contributed by atoms with Crippen molar-refractivity contribution >= 4 is 6.41 Å². The summed E-state index contributed by atoms with van der Waals surface area (Å²) in [5, 5.41) is 11.3. The lowest BCUT2D eigenvalue weighted by molar-refractivity contribution is -0.109. The van der Waals surface area contributed by atoms with Gasteiger partial charge in [0, 0.05) is 18.1 Å². The normalized spacial score (nSPS) is 10.5. The van der Waals surface area contributed by atoms with Gasteiger partial charge in [-0.15, -0.1) is 10.2 Å². The Kier molecular flexibility index (Phi) is 6.62. The van der Waals surface area contributed by atoms with Gasteiger partial charge in [0.05, 0.1) is 27.3 Å². The zero-order chi connectivity index (χ0) is 19.8. The van der Waals surface area contributed by atoms with Gasteiger partial charge in [0.1, 0.15) is 17.3 Å². The molecule has 0 aliphatic rings. The molecule has 0 fully saturated rings. The molecule has 3 aromatic rings. The van der Waals surface area contributed by atoms with E-state index in [0.717, 1.165) is 35.7 Å². The number of amides is 1. The fourth-order valence-electron chi connectivity index (χ4n) is 3.06. The lowest BCUT2D eigenvalue weighted by Gasteiger charge is -2.14. The van der Waals surface area contributed by atoms with Crippen molar-refractivity contribution in [3.63, 3.8) is 0 Å². The first-order chi connectivity index (χ1) is 13.7. The Morgan fingerprint density at radius 1 is 1.00 bits per heavy atom. The molecule has 0 aliphatic heterocycles. The van der Waals surface area contributed by atoms with Gasteiger partial charge in [-0.1, -0.05) is 30.3 Å². The van der Waals surface area contributed by atoms with Crippen molar-refractivity contribution in [3.05, 3.63) is 71.3 Å². The Bertz CT molecular complexity index is 909. The zero-order valence-corrected chi connectivity index (χ0v) is 16.1. The number of rotatable bonds is 10. The molecule has 2 aromatic carbocycles. The summed E-state index contributed by atoms with van der Waals surface area (Å²) < 4.78 is 12.8. The monoisotopic (exact) mass is 380 g/mol. The van der Waals surface area contributed by atoms with Gasteiger partial charge in [0.25, 0.3) is 0 Å². The van der Waals surface area contributed by atoms with Crippen molar-refractivity contribution < 1.29 is 14.3 Å². The van der Waals surface area contributed by atoms with Crippen molar-refractivity contribution in [1.29, 1.82) is 0 Å². The first kappa shape index (κ1) is 19.4. The predicted molar refractivity (Wildman–Crippen MR) is 105 cm³/mol. The van der Waals surface area contributed by atoms with Crippen molar-refractivity contribution in [2.45, 2.75) is 25.9 Å². The summed E-state index contributed by atoms with van der Waals surface area (Å²) in [7, 11) is 3.26. The maximum Gasteiger partial charge on any atom is 0.207 e. The van der Waals surface area contributed by atoms with Gasteiger partial charge in [-0.3, -0.25) is 4.79 Å². The Morgan fingerprint density at radius 3 is 2.50 bits per heavy atom. The standard InChI is InChI=1S/C21H24N4O3/c1-27-18-10-9-17(19(12-18)28-2)14-25-20(23-24-21(25)13-22-15-26)11-8-16-6-4-3-5-7-16/h3-7,9-10,12,15H,8,11,13-14H2,1-2H3,(H,22,26). The van der Waals surface area contributed by atoms with Gasteiger partial charge in [-0.25, -0.2) is 0 Å². The highest BCUT2D eigenvalue weighted by Crippen LogP contribution is 2.26. The molecular weight excluding hydrogens is 356 g/mol. The summed E-state index contributed by atoms with van der Waals surface area (Å²) in [5.74, 6) is 3.03. The number of aromatic nitrogens is 3. The number of ether oxygens (including phenoxy) is 2. The van der Waals surface area contributed by atoms with Crippen molar-refractivity contribution in [2.24, 2.45) is 0 Å². The summed E-state index contributed by atoms with van der Waals surface area (Å²) in [6, 6.07) is 16.0. The second-order valence-electron chi connectivity index (χ2n) is 6.28. The Labute approximate surface area is 164 Å². The summed E-state index contributed by atoms with van der Waals surface area (Å²) >= 11 is 0. The van der Waals surface area contributed by atoms with Crippen LogP contribution in [0.4, 0.5) is 0 Å². The molecule has 0 unspecified atom stereocenters. The van der Waals surface area contributed by atoms with Gasteiger partial charge < -0.3 is 19.4 Å². The van der Waals surface area contributed by atoms with E-state index in [0.29, 0.717) is 25.3 Å². The highest BCUT2D eigenvalue weighted by Gasteiger charge is 2.15. The second-order valence-corrected chi connectivity index (χ2v) is 6.28. The number of carbonyl (C=O) groups is 1. The summed E-state index contributed by atoms with van der Waals surface area (Å²) in [4.78, 5) is 10.7. The minimum atomic E-state index is 0.320. The van der Waals surface area contributed by atoms with E-state index in [9.17, 15) is 4.79 Å². The number of benzene rings is 2. The molecule has 0 spiro atoms. The van der Waals surface area contributed by atoms with E-state index in [2.05, 4.69) is 27.6 Å². The van der Waals surface area contributed by atoms with E-state index in [-0.39, 0.29) is 0 Å². The first-order valence-corrected chi connectivity index (χ1v) is 9.08. The molecule has 0 radical (unpaired) electrons. The lowest BCUT2D eigenvalue weighted by Crippen LogP contribution is -2.17. The van der Waals surface area contributed by atoms with E-state index >= 15 is 0 Å². The average Bonchev–Trinajstić information content (AvgIpc) is 3.13. The number of nitrogens with zero attached hydrogens (tertiary/aromatic N) is 3. The Morgan fingerprint density at radius 2 is 1.79 bits per heavy atom. The van der Waals surface area contributed by atoms with E-state index < -0.39 is 0 Å². The molecular formula is C21H24N4O3. The van der Waals surface area contributed by atoms with E-state index in [4.69, 9.17) is 9.47 Å². The zero-order valence-electron chi connectivity index (χ0n) is 16.1. The largest absolute Gasteiger partial charge is 0.497 e. The molecule has 3 rings (SSSR count). The van der Waals surface area contributed by atoms with Crippen molar-refractivity contribution in [3.8, 4) is 11.5 Å². The molecule has 146 valence electrons. The molecule has 7 nitrogen and oxygen atoms in total. The van der Waals surface area contributed by atoms with E-state index in [1.54, 1.807) is 14.2 Å². The Balaban J connectivity index is 1.86. The average molecular weight is 380 g/mol. The lowest BCUT2D eigenvalue weighted by atomic mass is 10.1. The first-order valence-electron chi connectivity index (χ1n) is 9.08. The molecule has 1 amide bonds. The smallest absolute Gasteiger partial charge is 0.207 e. The molecule has 0 atom stereocenters. The van der Waals surface area contributed by atoms with Crippen LogP contribution in [0, 0.1) is 0 Å². The SMILES string of the molecule is COc1ccc(Cn2c(CCc3ccccc3)nnc2CNC=O)c(OC)c1. The van der Waals surface area contributed by atoms with Crippen LogP contribution < -0.4 is 14.8 Å². The third-order valence-corrected chi connectivity index (χ3v) is 4.55. The summed E-state index contributed by atoms with van der Waals surface area (Å²) in [6.45, 7) is 0.862. The van der Waals surface area contributed by atoms with E-state index in [1.165, 1.54) is 5.56 Å². The Hall–Kier alpha value is -3.35. The van der Waals surface area contributed by atoms with Crippen LogP contribution in [-0.4, -0.2) is 35.4 Å². The van der Waals surface area contributed by atoms with Crippen LogP contribution in [0.5, 0.6) is 11.5 Å². The van der Waals surface area contributed by atoms with Gasteiger partial charge in [-0.05, 0) is 24.1 Å². The molecule has 0 aliphatic carbocycles. The number of carbonyl (C=O) groups excluding carboxylic acids is 1. The number of aryl methyl sites for hydroxylation is 2. The number of hydrogen-bond acceptors (Lipinski definition) is 5. The maximum atomic E-state index is 10.7. The van der Waals surface area contributed by atoms with Gasteiger partial charge in [0.2, 0.25) is 6.41 Å². The van der Waals surface area contributed by atoms with Gasteiger partial charge >= 0.3 is 0 Å². The molecule has 1 heterocycles.